The van der Waals surface area contributed by atoms with Crippen LogP contribution >= 0.6 is 0 Å². The fraction of sp³-hybridized carbons (Fsp3) is 0.692. The van der Waals surface area contributed by atoms with Crippen LogP contribution in [0.2, 0.25) is 0 Å². The number of hydrogen-bond donors (Lipinski definition) is 2. The number of rotatable bonds is 5. The second-order valence-corrected chi connectivity index (χ2v) is 5.34. The molecule has 1 saturated carbocycles. The summed E-state index contributed by atoms with van der Waals surface area (Å²) in [6.45, 7) is 2.97. The molecule has 0 radical (unpaired) electrons. The molecule has 0 aliphatic heterocycles. The molecule has 110 valence electrons. The highest BCUT2D eigenvalue weighted by Crippen LogP contribution is 2.30. The summed E-state index contributed by atoms with van der Waals surface area (Å²) in [6.07, 6.45) is 6.18. The van der Waals surface area contributed by atoms with Crippen LogP contribution < -0.4 is 10.6 Å². The molecule has 0 aromatic carbocycles. The highest BCUT2D eigenvalue weighted by atomic mass is 16.6. The lowest BCUT2D eigenvalue weighted by molar-refractivity contribution is -0.384. The maximum Gasteiger partial charge on any atom is 0.329 e. The summed E-state index contributed by atoms with van der Waals surface area (Å²) in [7, 11) is 1.69. The third-order valence-corrected chi connectivity index (χ3v) is 4.01. The van der Waals surface area contributed by atoms with Crippen molar-refractivity contribution in [1.29, 1.82) is 0 Å². The Labute approximate surface area is 118 Å². The van der Waals surface area contributed by atoms with Crippen LogP contribution in [0.1, 0.15) is 32.6 Å². The third kappa shape index (κ3) is 3.34. The molecule has 1 aromatic heterocycles. The molecule has 1 fully saturated rings. The van der Waals surface area contributed by atoms with Gasteiger partial charge in [0.2, 0.25) is 11.8 Å². The normalized spacial score (nSPS) is 22.3. The van der Waals surface area contributed by atoms with Gasteiger partial charge in [-0.05, 0) is 18.3 Å². The van der Waals surface area contributed by atoms with E-state index in [4.69, 9.17) is 0 Å². The van der Waals surface area contributed by atoms with E-state index in [1.807, 2.05) is 0 Å². The van der Waals surface area contributed by atoms with Gasteiger partial charge in [0.05, 0.1) is 4.92 Å². The fourth-order valence-electron chi connectivity index (χ4n) is 2.68. The molecular weight excluding hydrogens is 258 g/mol. The maximum atomic E-state index is 11.0. The van der Waals surface area contributed by atoms with Crippen molar-refractivity contribution >= 4 is 17.5 Å². The Kier molecular flexibility index (Phi) is 4.70. The van der Waals surface area contributed by atoms with Crippen molar-refractivity contribution in [2.45, 2.75) is 32.6 Å². The van der Waals surface area contributed by atoms with Gasteiger partial charge in [0.15, 0.2) is 0 Å². The molecule has 20 heavy (non-hydrogen) atoms. The molecule has 0 amide bonds. The van der Waals surface area contributed by atoms with Crippen LogP contribution in [0.3, 0.4) is 0 Å². The third-order valence-electron chi connectivity index (χ3n) is 4.01. The van der Waals surface area contributed by atoms with E-state index in [2.05, 4.69) is 27.5 Å². The Morgan fingerprint density at radius 1 is 1.45 bits per heavy atom. The molecule has 1 aliphatic rings. The molecule has 1 aromatic rings. The molecule has 0 saturated heterocycles. The second kappa shape index (κ2) is 6.49. The Hall–Kier alpha value is -1.92. The summed E-state index contributed by atoms with van der Waals surface area (Å²) < 4.78 is 0. The van der Waals surface area contributed by atoms with E-state index in [-0.39, 0.29) is 5.69 Å². The number of nitrogens with zero attached hydrogens (tertiary/aromatic N) is 3. The van der Waals surface area contributed by atoms with Crippen molar-refractivity contribution in [3.05, 3.63) is 16.3 Å². The highest BCUT2D eigenvalue weighted by Gasteiger charge is 2.23. The van der Waals surface area contributed by atoms with Gasteiger partial charge in [0, 0.05) is 13.6 Å². The molecule has 2 N–H and O–H groups in total. The minimum Gasteiger partial charge on any atom is -0.364 e. The van der Waals surface area contributed by atoms with Crippen molar-refractivity contribution in [3.63, 3.8) is 0 Å². The first-order chi connectivity index (χ1) is 9.61. The molecule has 0 bridgehead atoms. The maximum absolute atomic E-state index is 11.0. The molecule has 2 unspecified atom stereocenters. The van der Waals surface area contributed by atoms with Gasteiger partial charge in [0.25, 0.3) is 0 Å². The Balaban J connectivity index is 2.08. The van der Waals surface area contributed by atoms with Crippen LogP contribution in [0.4, 0.5) is 17.5 Å². The van der Waals surface area contributed by atoms with Gasteiger partial charge in [-0.15, -0.1) is 0 Å². The Morgan fingerprint density at radius 3 is 2.85 bits per heavy atom. The van der Waals surface area contributed by atoms with E-state index in [0.29, 0.717) is 23.6 Å². The molecule has 1 aliphatic carbocycles. The summed E-state index contributed by atoms with van der Waals surface area (Å²) in [5.74, 6) is 1.89. The number of aromatic nitrogens is 2. The predicted molar refractivity (Wildman–Crippen MR) is 77.8 cm³/mol. The van der Waals surface area contributed by atoms with Crippen molar-refractivity contribution in [3.8, 4) is 0 Å². The Morgan fingerprint density at radius 2 is 2.20 bits per heavy atom. The monoisotopic (exact) mass is 279 g/mol. The van der Waals surface area contributed by atoms with E-state index >= 15 is 0 Å². The number of anilines is 2. The first-order valence-electron chi connectivity index (χ1n) is 7.05. The van der Waals surface area contributed by atoms with E-state index in [9.17, 15) is 10.1 Å². The SMILES string of the molecule is CNc1ncc([N+](=O)[O-])c(NCC2CCCCC2C)n1. The number of nitro groups is 1. The van der Waals surface area contributed by atoms with Crippen LogP contribution in [0.5, 0.6) is 0 Å². The highest BCUT2D eigenvalue weighted by molar-refractivity contribution is 5.56. The van der Waals surface area contributed by atoms with Gasteiger partial charge in [-0.3, -0.25) is 10.1 Å². The summed E-state index contributed by atoms with van der Waals surface area (Å²) in [4.78, 5) is 18.6. The minimum atomic E-state index is -0.452. The summed E-state index contributed by atoms with van der Waals surface area (Å²) in [6, 6.07) is 0. The van der Waals surface area contributed by atoms with Gasteiger partial charge >= 0.3 is 5.69 Å². The quantitative estimate of drug-likeness (QED) is 0.635. The summed E-state index contributed by atoms with van der Waals surface area (Å²) >= 11 is 0. The molecule has 2 rings (SSSR count). The zero-order valence-corrected chi connectivity index (χ0v) is 11.9. The molecule has 7 nitrogen and oxygen atoms in total. The van der Waals surface area contributed by atoms with Crippen LogP contribution in [0.15, 0.2) is 6.20 Å². The molecule has 7 heteroatoms. The summed E-state index contributed by atoms with van der Waals surface area (Å²) in [5, 5.41) is 16.9. The zero-order valence-electron chi connectivity index (χ0n) is 11.9. The molecule has 2 atom stereocenters. The minimum absolute atomic E-state index is 0.0764. The Bertz CT molecular complexity index is 480. The van der Waals surface area contributed by atoms with Crippen LogP contribution in [0, 0.1) is 22.0 Å². The first kappa shape index (κ1) is 14.5. The average Bonchev–Trinajstić information content (AvgIpc) is 2.46. The topological polar surface area (TPSA) is 93.0 Å². The lowest BCUT2D eigenvalue weighted by Gasteiger charge is -2.28. The van der Waals surface area contributed by atoms with Crippen molar-refractivity contribution in [2.75, 3.05) is 24.2 Å². The van der Waals surface area contributed by atoms with Crippen LogP contribution in [-0.2, 0) is 0 Å². The van der Waals surface area contributed by atoms with Crippen LogP contribution in [0.25, 0.3) is 0 Å². The van der Waals surface area contributed by atoms with Crippen molar-refractivity contribution in [2.24, 2.45) is 11.8 Å². The summed E-state index contributed by atoms with van der Waals surface area (Å²) in [5.41, 5.74) is -0.0764. The van der Waals surface area contributed by atoms with E-state index in [1.54, 1.807) is 7.05 Å². The van der Waals surface area contributed by atoms with E-state index in [0.717, 1.165) is 6.54 Å². The van der Waals surface area contributed by atoms with Crippen molar-refractivity contribution < 1.29 is 4.92 Å². The predicted octanol–water partition coefficient (Wildman–Crippen LogP) is 2.66. The van der Waals surface area contributed by atoms with Gasteiger partial charge in [0.1, 0.15) is 6.20 Å². The largest absolute Gasteiger partial charge is 0.364 e. The zero-order chi connectivity index (χ0) is 14.5. The average molecular weight is 279 g/mol. The lowest BCUT2D eigenvalue weighted by Crippen LogP contribution is -2.25. The van der Waals surface area contributed by atoms with Gasteiger partial charge < -0.3 is 10.6 Å². The molecule has 0 spiro atoms. The standard InChI is InChI=1S/C13H21N5O2/c1-9-5-3-4-6-10(9)7-15-12-11(18(19)20)8-16-13(14-2)17-12/h8-10H,3-7H2,1-2H3,(H2,14,15,16,17). The van der Waals surface area contributed by atoms with E-state index < -0.39 is 4.92 Å². The number of hydrogen-bond acceptors (Lipinski definition) is 6. The molecular formula is C13H21N5O2. The van der Waals surface area contributed by atoms with Gasteiger partial charge in [-0.2, -0.15) is 4.98 Å². The number of nitrogens with one attached hydrogen (secondary N) is 2. The van der Waals surface area contributed by atoms with Gasteiger partial charge in [-0.25, -0.2) is 4.98 Å². The van der Waals surface area contributed by atoms with Gasteiger partial charge in [-0.1, -0.05) is 26.2 Å². The molecule has 1 heterocycles. The fourth-order valence-corrected chi connectivity index (χ4v) is 2.68. The first-order valence-corrected chi connectivity index (χ1v) is 7.05. The lowest BCUT2D eigenvalue weighted by atomic mass is 9.80. The second-order valence-electron chi connectivity index (χ2n) is 5.34. The van der Waals surface area contributed by atoms with E-state index in [1.165, 1.54) is 31.9 Å². The van der Waals surface area contributed by atoms with Crippen molar-refractivity contribution in [1.82, 2.24) is 9.97 Å². The smallest absolute Gasteiger partial charge is 0.329 e. The van der Waals surface area contributed by atoms with Crippen LogP contribution in [-0.4, -0.2) is 28.5 Å².